The van der Waals surface area contributed by atoms with Crippen molar-refractivity contribution in [3.8, 4) is 0 Å². The highest BCUT2D eigenvalue weighted by Gasteiger charge is 2.29. The third-order valence-electron chi connectivity index (χ3n) is 3.72. The number of carbonyl (C=O) groups excluding carboxylic acids is 1. The second kappa shape index (κ2) is 6.87. The number of aliphatic hydroxyl groups excluding tert-OH is 1. The molecule has 1 aromatic rings. The zero-order chi connectivity index (χ0) is 15.4. The molecular weight excluding hydrogens is 296 g/mol. The van der Waals surface area contributed by atoms with Gasteiger partial charge in [0.05, 0.1) is 4.92 Å². The predicted octanol–water partition coefficient (Wildman–Crippen LogP) is 2.63. The lowest BCUT2D eigenvalue weighted by atomic mass is 10.1. The van der Waals surface area contributed by atoms with Crippen LogP contribution in [0.3, 0.4) is 0 Å². The van der Waals surface area contributed by atoms with E-state index in [1.807, 2.05) is 0 Å². The standard InChI is InChI=1S/C14H17ClN2O4/c15-12-6-5-10(9-13(12)17(20)21)14(19)16-7-1-3-11(16)4-2-8-18/h5-6,9,11,18H,1-4,7-8H2. The molecular formula is C14H17ClN2O4. The summed E-state index contributed by atoms with van der Waals surface area (Å²) in [7, 11) is 0. The number of nitro benzene ring substituents is 1. The van der Waals surface area contributed by atoms with E-state index < -0.39 is 4.92 Å². The zero-order valence-corrected chi connectivity index (χ0v) is 12.3. The normalized spacial score (nSPS) is 18.0. The molecule has 1 amide bonds. The van der Waals surface area contributed by atoms with Gasteiger partial charge in [-0.25, -0.2) is 0 Å². The number of likely N-dealkylation sites (tertiary alicyclic amines) is 1. The van der Waals surface area contributed by atoms with Crippen molar-refractivity contribution >= 4 is 23.2 Å². The van der Waals surface area contributed by atoms with Gasteiger partial charge in [-0.2, -0.15) is 0 Å². The minimum absolute atomic E-state index is 0.0230. The molecule has 21 heavy (non-hydrogen) atoms. The summed E-state index contributed by atoms with van der Waals surface area (Å²) in [5.74, 6) is -0.213. The molecule has 2 rings (SSSR count). The number of nitrogens with zero attached hydrogens (tertiary/aromatic N) is 2. The number of halogens is 1. The fraction of sp³-hybridized carbons (Fsp3) is 0.500. The molecule has 1 unspecified atom stereocenters. The van der Waals surface area contributed by atoms with Gasteiger partial charge in [-0.15, -0.1) is 0 Å². The zero-order valence-electron chi connectivity index (χ0n) is 11.5. The van der Waals surface area contributed by atoms with Crippen LogP contribution in [0.2, 0.25) is 5.02 Å². The van der Waals surface area contributed by atoms with E-state index in [4.69, 9.17) is 16.7 Å². The van der Waals surface area contributed by atoms with E-state index >= 15 is 0 Å². The van der Waals surface area contributed by atoms with Gasteiger partial charge in [0, 0.05) is 30.8 Å². The fourth-order valence-electron chi connectivity index (χ4n) is 2.68. The Kier molecular flexibility index (Phi) is 5.14. The molecule has 1 N–H and O–H groups in total. The topological polar surface area (TPSA) is 83.7 Å². The summed E-state index contributed by atoms with van der Waals surface area (Å²) < 4.78 is 0. The summed E-state index contributed by atoms with van der Waals surface area (Å²) in [6.07, 6.45) is 3.21. The monoisotopic (exact) mass is 312 g/mol. The minimum Gasteiger partial charge on any atom is -0.396 e. The Bertz CT molecular complexity index is 550. The van der Waals surface area contributed by atoms with Gasteiger partial charge in [-0.3, -0.25) is 14.9 Å². The van der Waals surface area contributed by atoms with Crippen LogP contribution >= 0.6 is 11.6 Å². The van der Waals surface area contributed by atoms with Crippen molar-refractivity contribution in [2.45, 2.75) is 31.7 Å². The second-order valence-electron chi connectivity index (χ2n) is 5.08. The lowest BCUT2D eigenvalue weighted by Gasteiger charge is -2.24. The first-order valence-electron chi connectivity index (χ1n) is 6.90. The van der Waals surface area contributed by atoms with Crippen LogP contribution in [-0.2, 0) is 0 Å². The molecule has 0 aromatic heterocycles. The molecule has 0 saturated carbocycles. The minimum atomic E-state index is -0.591. The molecule has 0 aliphatic carbocycles. The Morgan fingerprint density at radius 3 is 2.95 bits per heavy atom. The van der Waals surface area contributed by atoms with Crippen LogP contribution in [0.25, 0.3) is 0 Å². The second-order valence-corrected chi connectivity index (χ2v) is 5.49. The summed E-state index contributed by atoms with van der Waals surface area (Å²) in [5, 5.41) is 19.8. The van der Waals surface area contributed by atoms with Gasteiger partial charge in [0.2, 0.25) is 0 Å². The van der Waals surface area contributed by atoms with Crippen molar-refractivity contribution < 1.29 is 14.8 Å². The van der Waals surface area contributed by atoms with E-state index in [0.717, 1.165) is 19.3 Å². The number of hydrogen-bond donors (Lipinski definition) is 1. The van der Waals surface area contributed by atoms with Crippen LogP contribution in [-0.4, -0.2) is 40.0 Å². The van der Waals surface area contributed by atoms with Gasteiger partial charge in [-0.05, 0) is 37.8 Å². The first-order chi connectivity index (χ1) is 10.0. The van der Waals surface area contributed by atoms with Crippen LogP contribution in [0.15, 0.2) is 18.2 Å². The highest BCUT2D eigenvalue weighted by Crippen LogP contribution is 2.28. The largest absolute Gasteiger partial charge is 0.396 e. The van der Waals surface area contributed by atoms with Gasteiger partial charge in [0.1, 0.15) is 5.02 Å². The van der Waals surface area contributed by atoms with E-state index in [9.17, 15) is 14.9 Å². The van der Waals surface area contributed by atoms with Crippen molar-refractivity contribution in [2.75, 3.05) is 13.2 Å². The highest BCUT2D eigenvalue weighted by molar-refractivity contribution is 6.32. The molecule has 1 fully saturated rings. The van der Waals surface area contributed by atoms with Crippen molar-refractivity contribution in [3.63, 3.8) is 0 Å². The molecule has 0 spiro atoms. The molecule has 0 bridgehead atoms. The molecule has 7 heteroatoms. The van der Waals surface area contributed by atoms with E-state index in [1.54, 1.807) is 4.90 Å². The molecule has 1 aromatic carbocycles. The third kappa shape index (κ3) is 3.51. The molecule has 1 aliphatic rings. The molecule has 0 radical (unpaired) electrons. The van der Waals surface area contributed by atoms with Gasteiger partial charge in [0.15, 0.2) is 0 Å². The molecule has 6 nitrogen and oxygen atoms in total. The Hall–Kier alpha value is -1.66. The maximum atomic E-state index is 12.5. The Morgan fingerprint density at radius 1 is 1.52 bits per heavy atom. The van der Waals surface area contributed by atoms with Gasteiger partial charge in [-0.1, -0.05) is 11.6 Å². The average Bonchev–Trinajstić information content (AvgIpc) is 2.92. The summed E-state index contributed by atoms with van der Waals surface area (Å²) in [5.41, 5.74) is 0.0237. The number of benzene rings is 1. The summed E-state index contributed by atoms with van der Waals surface area (Å²) in [4.78, 5) is 24.5. The predicted molar refractivity (Wildman–Crippen MR) is 78.5 cm³/mol. The van der Waals surface area contributed by atoms with Gasteiger partial charge >= 0.3 is 0 Å². The smallest absolute Gasteiger partial charge is 0.288 e. The Morgan fingerprint density at radius 2 is 2.29 bits per heavy atom. The summed E-state index contributed by atoms with van der Waals surface area (Å²) in [6, 6.07) is 4.22. The summed E-state index contributed by atoms with van der Waals surface area (Å²) in [6.45, 7) is 0.746. The summed E-state index contributed by atoms with van der Waals surface area (Å²) >= 11 is 5.76. The van der Waals surface area contributed by atoms with Crippen LogP contribution in [0.1, 0.15) is 36.0 Å². The lowest BCUT2D eigenvalue weighted by Crippen LogP contribution is -2.35. The number of nitro groups is 1. The number of aliphatic hydroxyl groups is 1. The maximum absolute atomic E-state index is 12.5. The van der Waals surface area contributed by atoms with Crippen molar-refractivity contribution in [3.05, 3.63) is 38.9 Å². The first-order valence-corrected chi connectivity index (χ1v) is 7.28. The Labute approximate surface area is 127 Å². The van der Waals surface area contributed by atoms with Gasteiger partial charge in [0.25, 0.3) is 11.6 Å². The quantitative estimate of drug-likeness (QED) is 0.669. The lowest BCUT2D eigenvalue weighted by molar-refractivity contribution is -0.384. The molecule has 1 atom stereocenters. The van der Waals surface area contributed by atoms with Crippen molar-refractivity contribution in [2.24, 2.45) is 0 Å². The number of hydrogen-bond acceptors (Lipinski definition) is 4. The van der Waals surface area contributed by atoms with Crippen LogP contribution < -0.4 is 0 Å². The highest BCUT2D eigenvalue weighted by atomic mass is 35.5. The third-order valence-corrected chi connectivity index (χ3v) is 4.04. The SMILES string of the molecule is O=C(c1ccc(Cl)c([N+](=O)[O-])c1)N1CCCC1CCCO. The maximum Gasteiger partial charge on any atom is 0.288 e. The van der Waals surface area contributed by atoms with Gasteiger partial charge < -0.3 is 10.0 Å². The van der Waals surface area contributed by atoms with E-state index in [0.29, 0.717) is 13.0 Å². The molecule has 1 aliphatic heterocycles. The van der Waals surface area contributed by atoms with E-state index in [1.165, 1.54) is 18.2 Å². The molecule has 114 valence electrons. The molecule has 1 saturated heterocycles. The number of carbonyl (C=O) groups is 1. The number of rotatable bonds is 5. The van der Waals surface area contributed by atoms with Crippen molar-refractivity contribution in [1.82, 2.24) is 4.90 Å². The Balaban J connectivity index is 2.19. The fourth-order valence-corrected chi connectivity index (χ4v) is 2.87. The first kappa shape index (κ1) is 15.7. The van der Waals surface area contributed by atoms with Crippen molar-refractivity contribution in [1.29, 1.82) is 0 Å². The van der Waals surface area contributed by atoms with Crippen LogP contribution in [0, 0.1) is 10.1 Å². The van der Waals surface area contributed by atoms with Crippen LogP contribution in [0.4, 0.5) is 5.69 Å². The average molecular weight is 313 g/mol. The van der Waals surface area contributed by atoms with E-state index in [-0.39, 0.29) is 34.8 Å². The van der Waals surface area contributed by atoms with E-state index in [2.05, 4.69) is 0 Å². The van der Waals surface area contributed by atoms with Crippen LogP contribution in [0.5, 0.6) is 0 Å². The molecule has 1 heterocycles. The number of amides is 1.